The molecule has 1 aromatic rings. The summed E-state index contributed by atoms with van der Waals surface area (Å²) in [6.45, 7) is 8.92. The van der Waals surface area contributed by atoms with Crippen LogP contribution in [0.2, 0.25) is 0 Å². The molecule has 0 spiro atoms. The number of piperidine rings is 1. The first kappa shape index (κ1) is 17.6. The lowest BCUT2D eigenvalue weighted by atomic mass is 9.98. The van der Waals surface area contributed by atoms with E-state index in [9.17, 15) is 4.79 Å². The Kier molecular flexibility index (Phi) is 6.31. The van der Waals surface area contributed by atoms with Gasteiger partial charge in [-0.25, -0.2) is 0 Å². The molecule has 0 aromatic heterocycles. The van der Waals surface area contributed by atoms with E-state index in [0.29, 0.717) is 35.5 Å². The predicted octanol–water partition coefficient (Wildman–Crippen LogP) is 3.99. The molecule has 0 bridgehead atoms. The summed E-state index contributed by atoms with van der Waals surface area (Å²) < 4.78 is 11.2. The Morgan fingerprint density at radius 3 is 2.57 bits per heavy atom. The van der Waals surface area contributed by atoms with E-state index in [1.807, 2.05) is 17.0 Å². The highest BCUT2D eigenvalue weighted by Gasteiger charge is 2.22. The summed E-state index contributed by atoms with van der Waals surface area (Å²) in [7, 11) is 1.61. The number of carbonyl (C=O) groups is 1. The summed E-state index contributed by atoms with van der Waals surface area (Å²) in [6, 6.07) is 5.48. The molecular formula is C19H29NO3. The van der Waals surface area contributed by atoms with E-state index in [0.717, 1.165) is 32.4 Å². The molecule has 1 aromatic carbocycles. The molecule has 4 nitrogen and oxygen atoms in total. The minimum atomic E-state index is 0.0870. The van der Waals surface area contributed by atoms with Gasteiger partial charge in [-0.3, -0.25) is 4.79 Å². The lowest BCUT2D eigenvalue weighted by molar-refractivity contribution is 0.0697. The quantitative estimate of drug-likeness (QED) is 0.796. The highest BCUT2D eigenvalue weighted by Crippen LogP contribution is 2.29. The van der Waals surface area contributed by atoms with Gasteiger partial charge >= 0.3 is 0 Å². The van der Waals surface area contributed by atoms with Gasteiger partial charge in [0.25, 0.3) is 5.91 Å². The number of benzene rings is 1. The second-order valence-electron chi connectivity index (χ2n) is 6.87. The highest BCUT2D eigenvalue weighted by atomic mass is 16.5. The zero-order valence-electron chi connectivity index (χ0n) is 14.8. The average Bonchev–Trinajstić information content (AvgIpc) is 2.54. The van der Waals surface area contributed by atoms with E-state index in [1.54, 1.807) is 13.2 Å². The van der Waals surface area contributed by atoms with E-state index in [2.05, 4.69) is 20.8 Å². The number of amides is 1. The van der Waals surface area contributed by atoms with Crippen molar-refractivity contribution in [3.63, 3.8) is 0 Å². The fourth-order valence-electron chi connectivity index (χ4n) is 2.72. The maximum absolute atomic E-state index is 12.6. The molecule has 1 heterocycles. The Morgan fingerprint density at radius 2 is 1.96 bits per heavy atom. The van der Waals surface area contributed by atoms with E-state index in [-0.39, 0.29) is 5.91 Å². The third kappa shape index (κ3) is 4.88. The summed E-state index contributed by atoms with van der Waals surface area (Å²) >= 11 is 0. The Morgan fingerprint density at radius 1 is 1.26 bits per heavy atom. The predicted molar refractivity (Wildman–Crippen MR) is 92.2 cm³/mol. The first-order valence-corrected chi connectivity index (χ1v) is 8.61. The van der Waals surface area contributed by atoms with E-state index in [1.165, 1.54) is 0 Å². The molecule has 23 heavy (non-hydrogen) atoms. The SMILES string of the molecule is COc1cc(C(=O)N2CCC(C)CC2)ccc1OCCC(C)C. The molecule has 1 aliphatic rings. The Balaban J connectivity index is 2.04. The van der Waals surface area contributed by atoms with Crippen molar-refractivity contribution in [3.05, 3.63) is 23.8 Å². The number of carbonyl (C=O) groups excluding carboxylic acids is 1. The molecule has 2 rings (SSSR count). The molecule has 1 saturated heterocycles. The van der Waals surface area contributed by atoms with Gasteiger partial charge in [0, 0.05) is 18.7 Å². The van der Waals surface area contributed by atoms with Crippen LogP contribution in [-0.2, 0) is 0 Å². The van der Waals surface area contributed by atoms with Crippen molar-refractivity contribution >= 4 is 5.91 Å². The average molecular weight is 319 g/mol. The Bertz CT molecular complexity index is 519. The van der Waals surface area contributed by atoms with Gasteiger partial charge in [-0.05, 0) is 49.3 Å². The lowest BCUT2D eigenvalue weighted by Gasteiger charge is -2.30. The molecule has 1 amide bonds. The third-order valence-corrected chi connectivity index (χ3v) is 4.43. The normalized spacial score (nSPS) is 15.8. The van der Waals surface area contributed by atoms with Crippen molar-refractivity contribution < 1.29 is 14.3 Å². The summed E-state index contributed by atoms with van der Waals surface area (Å²) in [6.07, 6.45) is 3.16. The van der Waals surface area contributed by atoms with Crippen LogP contribution in [0.25, 0.3) is 0 Å². The molecule has 0 unspecified atom stereocenters. The fourth-order valence-corrected chi connectivity index (χ4v) is 2.72. The molecule has 0 N–H and O–H groups in total. The highest BCUT2D eigenvalue weighted by molar-refractivity contribution is 5.95. The number of likely N-dealkylation sites (tertiary alicyclic amines) is 1. The second-order valence-corrected chi connectivity index (χ2v) is 6.87. The lowest BCUT2D eigenvalue weighted by Crippen LogP contribution is -2.37. The number of nitrogens with zero attached hydrogens (tertiary/aromatic N) is 1. The summed E-state index contributed by atoms with van der Waals surface area (Å²) in [5.74, 6) is 2.74. The standard InChI is InChI=1S/C19H29NO3/c1-14(2)9-12-23-17-6-5-16(13-18(17)22-4)19(21)20-10-7-15(3)8-11-20/h5-6,13-15H,7-12H2,1-4H3. The van der Waals surface area contributed by atoms with Gasteiger partial charge in [0.05, 0.1) is 13.7 Å². The largest absolute Gasteiger partial charge is 0.493 e. The van der Waals surface area contributed by atoms with Crippen LogP contribution in [0.4, 0.5) is 0 Å². The van der Waals surface area contributed by atoms with E-state index >= 15 is 0 Å². The molecule has 1 aliphatic heterocycles. The molecule has 128 valence electrons. The van der Waals surface area contributed by atoms with Crippen molar-refractivity contribution in [2.24, 2.45) is 11.8 Å². The van der Waals surface area contributed by atoms with Gasteiger partial charge in [-0.1, -0.05) is 20.8 Å². The number of ether oxygens (including phenoxy) is 2. The van der Waals surface area contributed by atoms with Crippen molar-refractivity contribution in [1.29, 1.82) is 0 Å². The maximum Gasteiger partial charge on any atom is 0.253 e. The van der Waals surface area contributed by atoms with Crippen LogP contribution in [-0.4, -0.2) is 37.6 Å². The molecule has 0 aliphatic carbocycles. The molecular weight excluding hydrogens is 290 g/mol. The summed E-state index contributed by atoms with van der Waals surface area (Å²) in [4.78, 5) is 14.6. The smallest absolute Gasteiger partial charge is 0.253 e. The van der Waals surface area contributed by atoms with Crippen molar-refractivity contribution in [2.45, 2.75) is 40.0 Å². The van der Waals surface area contributed by atoms with Crippen LogP contribution < -0.4 is 9.47 Å². The van der Waals surface area contributed by atoms with Crippen LogP contribution in [0.3, 0.4) is 0 Å². The van der Waals surface area contributed by atoms with Gasteiger partial charge in [-0.2, -0.15) is 0 Å². The van der Waals surface area contributed by atoms with Gasteiger partial charge in [0.15, 0.2) is 11.5 Å². The van der Waals surface area contributed by atoms with E-state index in [4.69, 9.17) is 9.47 Å². The van der Waals surface area contributed by atoms with Crippen molar-refractivity contribution in [2.75, 3.05) is 26.8 Å². The minimum absolute atomic E-state index is 0.0870. The number of hydrogen-bond acceptors (Lipinski definition) is 3. The van der Waals surface area contributed by atoms with Crippen molar-refractivity contribution in [1.82, 2.24) is 4.90 Å². The van der Waals surface area contributed by atoms with Crippen LogP contribution in [0.15, 0.2) is 18.2 Å². The second kappa shape index (κ2) is 8.23. The van der Waals surface area contributed by atoms with Crippen LogP contribution >= 0.6 is 0 Å². The van der Waals surface area contributed by atoms with Gasteiger partial charge in [0.1, 0.15) is 0 Å². The number of methoxy groups -OCH3 is 1. The van der Waals surface area contributed by atoms with Crippen molar-refractivity contribution in [3.8, 4) is 11.5 Å². The first-order chi connectivity index (χ1) is 11.0. The number of rotatable bonds is 6. The molecule has 0 radical (unpaired) electrons. The van der Waals surface area contributed by atoms with Crippen LogP contribution in [0, 0.1) is 11.8 Å². The van der Waals surface area contributed by atoms with Gasteiger partial charge < -0.3 is 14.4 Å². The Hall–Kier alpha value is -1.71. The topological polar surface area (TPSA) is 38.8 Å². The van der Waals surface area contributed by atoms with Gasteiger partial charge in [0.2, 0.25) is 0 Å². The molecule has 0 saturated carbocycles. The minimum Gasteiger partial charge on any atom is -0.493 e. The first-order valence-electron chi connectivity index (χ1n) is 8.61. The zero-order chi connectivity index (χ0) is 16.8. The molecule has 0 atom stereocenters. The third-order valence-electron chi connectivity index (χ3n) is 4.43. The number of hydrogen-bond donors (Lipinski definition) is 0. The maximum atomic E-state index is 12.6. The summed E-state index contributed by atoms with van der Waals surface area (Å²) in [5.41, 5.74) is 0.674. The van der Waals surface area contributed by atoms with Crippen LogP contribution in [0.5, 0.6) is 11.5 Å². The monoisotopic (exact) mass is 319 g/mol. The zero-order valence-corrected chi connectivity index (χ0v) is 14.8. The van der Waals surface area contributed by atoms with E-state index < -0.39 is 0 Å². The Labute approximate surface area is 139 Å². The summed E-state index contributed by atoms with van der Waals surface area (Å²) in [5, 5.41) is 0. The van der Waals surface area contributed by atoms with Crippen LogP contribution in [0.1, 0.15) is 50.4 Å². The van der Waals surface area contributed by atoms with Gasteiger partial charge in [-0.15, -0.1) is 0 Å². The molecule has 4 heteroatoms. The fraction of sp³-hybridized carbons (Fsp3) is 0.632. The molecule has 1 fully saturated rings.